The van der Waals surface area contributed by atoms with E-state index in [1.54, 1.807) is 57.2 Å². The van der Waals surface area contributed by atoms with Crippen LogP contribution in [0.5, 0.6) is 0 Å². The van der Waals surface area contributed by atoms with Crippen molar-refractivity contribution < 1.29 is 31.9 Å². The minimum Gasteiger partial charge on any atom is -0.442 e. The van der Waals surface area contributed by atoms with E-state index in [9.17, 15) is 18.4 Å². The second-order valence-electron chi connectivity index (χ2n) is 13.3. The maximum atomic E-state index is 16.2. The molecular formula is C35H37F3N8O4. The van der Waals surface area contributed by atoms with Crippen molar-refractivity contribution in [1.29, 1.82) is 0 Å². The van der Waals surface area contributed by atoms with Crippen molar-refractivity contribution in [2.75, 3.05) is 37.0 Å². The van der Waals surface area contributed by atoms with Gasteiger partial charge in [0.1, 0.15) is 11.4 Å². The number of hydrogen-bond acceptors (Lipinski definition) is 10. The highest BCUT2D eigenvalue weighted by atomic mass is 19.3. The lowest BCUT2D eigenvalue weighted by atomic mass is 9.99. The van der Waals surface area contributed by atoms with Crippen LogP contribution in [0.2, 0.25) is 0 Å². The first kappa shape index (κ1) is 34.5. The summed E-state index contributed by atoms with van der Waals surface area (Å²) in [6.45, 7) is 7.09. The molecule has 1 fully saturated rings. The zero-order chi connectivity index (χ0) is 35.7. The molecule has 0 unspecified atom stereocenters. The number of hydrogen-bond donors (Lipinski definition) is 0. The fourth-order valence-corrected chi connectivity index (χ4v) is 5.95. The first-order valence-corrected chi connectivity index (χ1v) is 16.1. The summed E-state index contributed by atoms with van der Waals surface area (Å²) < 4.78 is 53.7. The Labute approximate surface area is 286 Å². The standard InChI is InChI=1S/C35H37F3N8O4/c1-35(2,3)50-34(48)46-28-9-7-21(14-23(28)18-40-46)26-15-29(44(5)25-10-12-43(4)13-11-25)30(16-27(26)36)45(20-47)19-24-8-6-22(17-39-24)32-41-42-33(49-32)31(37)38/h6-9,14-18,20,25,31H,10-13,19H2,1-5H3. The van der Waals surface area contributed by atoms with Crippen molar-refractivity contribution in [3.63, 3.8) is 0 Å². The van der Waals surface area contributed by atoms with E-state index in [4.69, 9.17) is 9.15 Å². The Morgan fingerprint density at radius 2 is 1.80 bits per heavy atom. The Morgan fingerprint density at radius 1 is 1.06 bits per heavy atom. The highest BCUT2D eigenvalue weighted by Gasteiger charge is 2.27. The van der Waals surface area contributed by atoms with Gasteiger partial charge in [0.15, 0.2) is 0 Å². The van der Waals surface area contributed by atoms with Crippen LogP contribution < -0.4 is 9.80 Å². The van der Waals surface area contributed by atoms with Crippen molar-refractivity contribution >= 4 is 34.8 Å². The molecule has 0 aliphatic carbocycles. The number of halogens is 3. The highest BCUT2D eigenvalue weighted by molar-refractivity contribution is 5.92. The van der Waals surface area contributed by atoms with Gasteiger partial charge >= 0.3 is 12.5 Å². The number of carbonyl (C=O) groups is 2. The lowest BCUT2D eigenvalue weighted by Gasteiger charge is -2.38. The third-order valence-electron chi connectivity index (χ3n) is 8.59. The van der Waals surface area contributed by atoms with Crippen LogP contribution in [-0.2, 0) is 16.1 Å². The Hall–Kier alpha value is -5.31. The Morgan fingerprint density at radius 3 is 2.44 bits per heavy atom. The maximum Gasteiger partial charge on any atom is 0.435 e. The number of pyridine rings is 1. The third-order valence-corrected chi connectivity index (χ3v) is 8.59. The van der Waals surface area contributed by atoms with E-state index in [0.717, 1.165) is 25.9 Å². The predicted octanol–water partition coefficient (Wildman–Crippen LogP) is 6.70. The van der Waals surface area contributed by atoms with E-state index >= 15 is 4.39 Å². The number of carbonyl (C=O) groups excluding carboxylic acids is 2. The highest BCUT2D eigenvalue weighted by Crippen LogP contribution is 2.39. The first-order chi connectivity index (χ1) is 23.8. The number of alkyl halides is 2. The van der Waals surface area contributed by atoms with Gasteiger partial charge in [-0.15, -0.1) is 10.2 Å². The van der Waals surface area contributed by atoms with Gasteiger partial charge in [0.05, 0.1) is 40.9 Å². The molecule has 262 valence electrons. The van der Waals surface area contributed by atoms with Crippen molar-refractivity contribution in [2.24, 2.45) is 0 Å². The molecule has 5 aromatic rings. The van der Waals surface area contributed by atoms with Crippen LogP contribution >= 0.6 is 0 Å². The van der Waals surface area contributed by atoms with E-state index in [-0.39, 0.29) is 18.5 Å². The van der Waals surface area contributed by atoms with Gasteiger partial charge in [-0.3, -0.25) is 9.78 Å². The van der Waals surface area contributed by atoms with Crippen LogP contribution in [0.4, 0.5) is 29.3 Å². The van der Waals surface area contributed by atoms with Crippen molar-refractivity contribution in [1.82, 2.24) is 29.9 Å². The maximum absolute atomic E-state index is 16.2. The number of aromatic nitrogens is 5. The summed E-state index contributed by atoms with van der Waals surface area (Å²) >= 11 is 0. The molecule has 12 nitrogen and oxygen atoms in total. The summed E-state index contributed by atoms with van der Waals surface area (Å²) in [5.41, 5.74) is 2.48. The molecule has 4 heterocycles. The fourth-order valence-electron chi connectivity index (χ4n) is 5.95. The Bertz CT molecular complexity index is 2000. The molecule has 0 bridgehead atoms. The smallest absolute Gasteiger partial charge is 0.435 e. The van der Waals surface area contributed by atoms with Crippen LogP contribution in [0.15, 0.2) is 59.3 Å². The zero-order valence-corrected chi connectivity index (χ0v) is 28.3. The van der Waals surface area contributed by atoms with Gasteiger partial charge in [-0.2, -0.15) is 18.6 Å². The van der Waals surface area contributed by atoms with Crippen LogP contribution in [0.3, 0.4) is 0 Å². The molecule has 3 aromatic heterocycles. The van der Waals surface area contributed by atoms with E-state index in [0.29, 0.717) is 51.1 Å². The lowest BCUT2D eigenvalue weighted by molar-refractivity contribution is -0.107. The van der Waals surface area contributed by atoms with Gasteiger partial charge < -0.3 is 23.9 Å². The van der Waals surface area contributed by atoms with E-state index in [1.165, 1.54) is 28.0 Å². The molecule has 6 rings (SSSR count). The van der Waals surface area contributed by atoms with E-state index in [2.05, 4.69) is 37.1 Å². The second-order valence-corrected chi connectivity index (χ2v) is 13.3. The zero-order valence-electron chi connectivity index (χ0n) is 28.3. The number of benzene rings is 2. The summed E-state index contributed by atoms with van der Waals surface area (Å²) in [7, 11) is 4.01. The number of rotatable bonds is 9. The molecule has 0 saturated carbocycles. The molecule has 2 aromatic carbocycles. The van der Waals surface area contributed by atoms with Crippen molar-refractivity contribution in [3.8, 4) is 22.6 Å². The summed E-state index contributed by atoms with van der Waals surface area (Å²) in [6, 6.07) is 11.6. The van der Waals surface area contributed by atoms with Crippen LogP contribution in [0.25, 0.3) is 33.5 Å². The molecule has 0 atom stereocenters. The van der Waals surface area contributed by atoms with Crippen molar-refractivity contribution in [2.45, 2.75) is 58.2 Å². The third kappa shape index (κ3) is 7.32. The predicted molar refractivity (Wildman–Crippen MR) is 180 cm³/mol. The summed E-state index contributed by atoms with van der Waals surface area (Å²) in [5, 5.41) is 11.8. The molecule has 50 heavy (non-hydrogen) atoms. The molecule has 0 spiro atoms. The number of ether oxygens (including phenoxy) is 1. The summed E-state index contributed by atoms with van der Waals surface area (Å²) in [6.07, 6.45) is 1.78. The van der Waals surface area contributed by atoms with E-state index < -0.39 is 29.8 Å². The number of amides is 1. The Balaban J connectivity index is 1.34. The quantitative estimate of drug-likeness (QED) is 0.154. The molecule has 15 heteroatoms. The minimum absolute atomic E-state index is 0.00125. The number of anilines is 2. The molecule has 1 aliphatic heterocycles. The van der Waals surface area contributed by atoms with Crippen molar-refractivity contribution in [3.05, 3.63) is 72.3 Å². The molecule has 0 radical (unpaired) electrons. The SMILES string of the molecule is CN1CCC(N(C)c2cc(-c3ccc4c(cnn4C(=O)OC(C)(C)C)c3)c(F)cc2N(C=O)Cc2ccc(-c3nnc(C(F)F)o3)cn2)CC1. The topological polar surface area (TPSA) is 123 Å². The monoisotopic (exact) mass is 690 g/mol. The second kappa shape index (κ2) is 13.9. The molecule has 1 aliphatic rings. The van der Waals surface area contributed by atoms with Gasteiger partial charge in [0.25, 0.3) is 5.89 Å². The van der Waals surface area contributed by atoms with Crippen LogP contribution in [0, 0.1) is 5.82 Å². The van der Waals surface area contributed by atoms with Gasteiger partial charge in [-0.25, -0.2) is 9.18 Å². The summed E-state index contributed by atoms with van der Waals surface area (Å²) in [5.74, 6) is -1.46. The van der Waals surface area contributed by atoms with Gasteiger partial charge in [-0.05, 0) is 89.6 Å². The van der Waals surface area contributed by atoms with Gasteiger partial charge in [0, 0.05) is 36.3 Å². The average Bonchev–Trinajstić information content (AvgIpc) is 3.75. The molecule has 1 saturated heterocycles. The lowest BCUT2D eigenvalue weighted by Crippen LogP contribution is -2.42. The number of fused-ring (bicyclic) bond motifs is 1. The first-order valence-electron chi connectivity index (χ1n) is 16.1. The number of likely N-dealkylation sites (tertiary alicyclic amines) is 1. The number of piperidine rings is 1. The largest absolute Gasteiger partial charge is 0.442 e. The molecular weight excluding hydrogens is 653 g/mol. The minimum atomic E-state index is -2.90. The number of nitrogens with zero attached hydrogens (tertiary/aromatic N) is 8. The molecule has 1 amide bonds. The van der Waals surface area contributed by atoms with E-state index in [1.807, 2.05) is 7.05 Å². The van der Waals surface area contributed by atoms with Gasteiger partial charge in [-0.1, -0.05) is 6.07 Å². The normalized spacial score (nSPS) is 14.3. The van der Waals surface area contributed by atoms with Gasteiger partial charge in [0.2, 0.25) is 12.3 Å². The molecule has 0 N–H and O–H groups in total. The fraction of sp³-hybridized carbons (Fsp3) is 0.371. The Kier molecular flexibility index (Phi) is 9.60. The van der Waals surface area contributed by atoms with Crippen LogP contribution in [0.1, 0.15) is 51.6 Å². The summed E-state index contributed by atoms with van der Waals surface area (Å²) in [4.78, 5) is 35.5. The average molecular weight is 691 g/mol. The van der Waals surface area contributed by atoms with Crippen LogP contribution in [-0.4, -0.2) is 81.2 Å².